The summed E-state index contributed by atoms with van der Waals surface area (Å²) in [6.07, 6.45) is 0.903. The van der Waals surface area contributed by atoms with E-state index in [0.29, 0.717) is 31.1 Å². The number of aromatic nitrogens is 3. The lowest BCUT2D eigenvalue weighted by atomic mass is 10.1. The summed E-state index contributed by atoms with van der Waals surface area (Å²) < 4.78 is 10.7. The van der Waals surface area contributed by atoms with Crippen LogP contribution in [0.3, 0.4) is 0 Å². The quantitative estimate of drug-likeness (QED) is 0.716. The van der Waals surface area contributed by atoms with Crippen molar-refractivity contribution in [3.05, 3.63) is 0 Å². The number of nitrogens with one attached hydrogen (secondary N) is 2. The van der Waals surface area contributed by atoms with Gasteiger partial charge in [-0.05, 0) is 27.2 Å². The lowest BCUT2D eigenvalue weighted by Crippen LogP contribution is -2.36. The van der Waals surface area contributed by atoms with Crippen molar-refractivity contribution in [2.75, 3.05) is 37.5 Å². The topological polar surface area (TPSA) is 81.2 Å². The fourth-order valence-electron chi connectivity index (χ4n) is 1.61. The maximum Gasteiger partial charge on any atom is 0.323 e. The van der Waals surface area contributed by atoms with Crippen LogP contribution in [-0.4, -0.2) is 47.4 Å². The van der Waals surface area contributed by atoms with Gasteiger partial charge < -0.3 is 20.1 Å². The summed E-state index contributed by atoms with van der Waals surface area (Å²) in [4.78, 5) is 12.8. The van der Waals surface area contributed by atoms with Crippen molar-refractivity contribution in [2.45, 2.75) is 39.7 Å². The molecule has 0 amide bonds. The van der Waals surface area contributed by atoms with E-state index >= 15 is 0 Å². The van der Waals surface area contributed by atoms with E-state index in [1.54, 1.807) is 7.11 Å². The van der Waals surface area contributed by atoms with Crippen molar-refractivity contribution >= 4 is 11.9 Å². The summed E-state index contributed by atoms with van der Waals surface area (Å²) in [5, 5.41) is 6.30. The normalized spacial score (nSPS) is 11.2. The number of methoxy groups -OCH3 is 1. The number of ether oxygens (including phenoxy) is 2. The molecule has 0 spiro atoms. The minimum absolute atomic E-state index is 0.276. The van der Waals surface area contributed by atoms with E-state index in [-0.39, 0.29) is 5.54 Å². The Morgan fingerprint density at radius 1 is 1.10 bits per heavy atom. The third kappa shape index (κ3) is 5.56. The van der Waals surface area contributed by atoms with E-state index in [9.17, 15) is 0 Å². The molecule has 0 aromatic carbocycles. The summed E-state index contributed by atoms with van der Waals surface area (Å²) in [5.41, 5.74) is -0.276. The molecule has 1 rings (SSSR count). The van der Waals surface area contributed by atoms with Gasteiger partial charge in [0.05, 0.1) is 18.8 Å². The Balaban J connectivity index is 2.89. The standard InChI is InChI=1S/C13H25N5O2/c1-6-8-20-12-16-10(14-7-2)15-11(17-12)18-13(3,4)9-19-5/h6-9H2,1-5H3,(H2,14,15,16,17,18). The monoisotopic (exact) mass is 283 g/mol. The van der Waals surface area contributed by atoms with Gasteiger partial charge in [-0.15, -0.1) is 0 Å². The van der Waals surface area contributed by atoms with Gasteiger partial charge in [0.15, 0.2) is 0 Å². The zero-order valence-corrected chi connectivity index (χ0v) is 13.0. The average molecular weight is 283 g/mol. The van der Waals surface area contributed by atoms with E-state index in [4.69, 9.17) is 9.47 Å². The van der Waals surface area contributed by atoms with Gasteiger partial charge in [0.25, 0.3) is 0 Å². The summed E-state index contributed by atoms with van der Waals surface area (Å²) >= 11 is 0. The van der Waals surface area contributed by atoms with Gasteiger partial charge in [0, 0.05) is 13.7 Å². The van der Waals surface area contributed by atoms with Gasteiger partial charge in [-0.2, -0.15) is 15.0 Å². The maximum atomic E-state index is 5.48. The van der Waals surface area contributed by atoms with Gasteiger partial charge in [-0.3, -0.25) is 0 Å². The van der Waals surface area contributed by atoms with Gasteiger partial charge in [-0.1, -0.05) is 6.92 Å². The molecule has 0 unspecified atom stereocenters. The highest BCUT2D eigenvalue weighted by Crippen LogP contribution is 2.16. The molecule has 114 valence electrons. The van der Waals surface area contributed by atoms with Crippen molar-refractivity contribution in [3.63, 3.8) is 0 Å². The van der Waals surface area contributed by atoms with Crippen LogP contribution in [0.1, 0.15) is 34.1 Å². The first-order valence-electron chi connectivity index (χ1n) is 6.90. The van der Waals surface area contributed by atoms with Crippen LogP contribution in [0.25, 0.3) is 0 Å². The van der Waals surface area contributed by atoms with Crippen molar-refractivity contribution in [2.24, 2.45) is 0 Å². The highest BCUT2D eigenvalue weighted by atomic mass is 16.5. The van der Waals surface area contributed by atoms with Crippen LogP contribution in [-0.2, 0) is 4.74 Å². The van der Waals surface area contributed by atoms with Crippen LogP contribution in [0.5, 0.6) is 6.01 Å². The molecule has 0 aliphatic rings. The molecule has 0 bridgehead atoms. The Kier molecular flexibility index (Phi) is 6.44. The van der Waals surface area contributed by atoms with Crippen LogP contribution < -0.4 is 15.4 Å². The summed E-state index contributed by atoms with van der Waals surface area (Å²) in [5.74, 6) is 0.980. The third-order valence-corrected chi connectivity index (χ3v) is 2.34. The molecule has 1 aromatic heterocycles. The summed E-state index contributed by atoms with van der Waals surface area (Å²) in [6, 6.07) is 0.327. The van der Waals surface area contributed by atoms with Gasteiger partial charge >= 0.3 is 6.01 Å². The fraction of sp³-hybridized carbons (Fsp3) is 0.769. The summed E-state index contributed by atoms with van der Waals surface area (Å²) in [6.45, 7) is 9.90. The van der Waals surface area contributed by atoms with Gasteiger partial charge in [0.1, 0.15) is 0 Å². The van der Waals surface area contributed by atoms with Crippen molar-refractivity contribution in [1.29, 1.82) is 0 Å². The van der Waals surface area contributed by atoms with Crippen molar-refractivity contribution in [1.82, 2.24) is 15.0 Å². The number of hydrogen-bond acceptors (Lipinski definition) is 7. The molecule has 7 heteroatoms. The molecule has 0 aliphatic heterocycles. The molecule has 20 heavy (non-hydrogen) atoms. The van der Waals surface area contributed by atoms with E-state index in [1.165, 1.54) is 0 Å². The minimum Gasteiger partial charge on any atom is -0.463 e. The van der Waals surface area contributed by atoms with E-state index in [2.05, 4.69) is 25.6 Å². The molecule has 7 nitrogen and oxygen atoms in total. The first-order chi connectivity index (χ1) is 9.50. The smallest absolute Gasteiger partial charge is 0.323 e. The van der Waals surface area contributed by atoms with E-state index in [0.717, 1.165) is 13.0 Å². The number of hydrogen-bond donors (Lipinski definition) is 2. The number of rotatable bonds is 9. The van der Waals surface area contributed by atoms with Crippen LogP contribution in [0, 0.1) is 0 Å². The molecular weight excluding hydrogens is 258 g/mol. The fourth-order valence-corrected chi connectivity index (χ4v) is 1.61. The number of nitrogens with zero attached hydrogens (tertiary/aromatic N) is 3. The molecule has 0 atom stereocenters. The van der Waals surface area contributed by atoms with Crippen molar-refractivity contribution < 1.29 is 9.47 Å². The SMILES string of the molecule is CCCOc1nc(NCC)nc(NC(C)(C)COC)n1. The Morgan fingerprint density at radius 3 is 2.40 bits per heavy atom. The second-order valence-electron chi connectivity index (χ2n) is 5.09. The Morgan fingerprint density at radius 2 is 1.80 bits per heavy atom. The second-order valence-corrected chi connectivity index (χ2v) is 5.09. The third-order valence-electron chi connectivity index (χ3n) is 2.34. The van der Waals surface area contributed by atoms with Crippen LogP contribution in [0.15, 0.2) is 0 Å². The summed E-state index contributed by atoms with van der Waals surface area (Å²) in [7, 11) is 1.66. The zero-order valence-electron chi connectivity index (χ0n) is 13.0. The molecule has 1 aromatic rings. The van der Waals surface area contributed by atoms with E-state index in [1.807, 2.05) is 27.7 Å². The molecule has 0 saturated carbocycles. The molecule has 2 N–H and O–H groups in total. The Labute approximate surface area is 120 Å². The molecule has 0 saturated heterocycles. The molecular formula is C13H25N5O2. The zero-order chi connectivity index (χ0) is 15.0. The van der Waals surface area contributed by atoms with Crippen LogP contribution in [0.2, 0.25) is 0 Å². The number of anilines is 2. The predicted molar refractivity (Wildman–Crippen MR) is 79.4 cm³/mol. The van der Waals surface area contributed by atoms with Crippen LogP contribution in [0.4, 0.5) is 11.9 Å². The highest BCUT2D eigenvalue weighted by Gasteiger charge is 2.19. The molecule has 0 fully saturated rings. The van der Waals surface area contributed by atoms with Crippen molar-refractivity contribution in [3.8, 4) is 6.01 Å². The second kappa shape index (κ2) is 7.84. The first kappa shape index (κ1) is 16.4. The van der Waals surface area contributed by atoms with E-state index < -0.39 is 0 Å². The lowest BCUT2D eigenvalue weighted by molar-refractivity contribution is 0.157. The van der Waals surface area contributed by atoms with Gasteiger partial charge in [0.2, 0.25) is 11.9 Å². The highest BCUT2D eigenvalue weighted by molar-refractivity contribution is 5.37. The minimum atomic E-state index is -0.276. The maximum absolute atomic E-state index is 5.48. The first-order valence-corrected chi connectivity index (χ1v) is 6.90. The average Bonchev–Trinajstić information content (AvgIpc) is 2.35. The largest absolute Gasteiger partial charge is 0.463 e. The van der Waals surface area contributed by atoms with Crippen LogP contribution >= 0.6 is 0 Å². The molecule has 0 aliphatic carbocycles. The Bertz CT molecular complexity index is 412. The molecule has 0 radical (unpaired) electrons. The Hall–Kier alpha value is -1.63. The lowest BCUT2D eigenvalue weighted by Gasteiger charge is -2.25. The van der Waals surface area contributed by atoms with Gasteiger partial charge in [-0.25, -0.2) is 0 Å². The molecule has 1 heterocycles. The predicted octanol–water partition coefficient (Wildman–Crippen LogP) is 1.93.